The average Bonchev–Trinajstić information content (AvgIpc) is 2.67. The number of rotatable bonds is 4. The van der Waals surface area contributed by atoms with Crippen LogP contribution in [0.25, 0.3) is 11.4 Å². The molecule has 5 heteroatoms. The Morgan fingerprint density at radius 1 is 1.30 bits per heavy atom. The van der Waals surface area contributed by atoms with Crippen LogP contribution in [-0.2, 0) is 13.5 Å². The highest BCUT2D eigenvalue weighted by atomic mass is 16.6. The van der Waals surface area contributed by atoms with Gasteiger partial charge < -0.3 is 4.57 Å². The molecule has 0 saturated carbocycles. The van der Waals surface area contributed by atoms with Crippen LogP contribution in [0, 0.1) is 17.0 Å². The summed E-state index contributed by atoms with van der Waals surface area (Å²) in [6, 6.07) is 9.85. The van der Waals surface area contributed by atoms with E-state index in [1.165, 1.54) is 0 Å². The molecule has 0 N–H and O–H groups in total. The minimum absolute atomic E-state index is 0.247. The highest BCUT2D eigenvalue weighted by molar-refractivity contribution is 5.56. The summed E-state index contributed by atoms with van der Waals surface area (Å²) in [6.07, 6.45) is 0.326. The van der Waals surface area contributed by atoms with E-state index < -0.39 is 5.54 Å². The summed E-state index contributed by atoms with van der Waals surface area (Å²) in [6.45, 7) is 5.21. The molecule has 0 aliphatic carbocycles. The smallest absolute Gasteiger partial charge is 0.222 e. The van der Waals surface area contributed by atoms with Crippen LogP contribution < -0.4 is 0 Å². The van der Waals surface area contributed by atoms with E-state index in [9.17, 15) is 10.1 Å². The maximum Gasteiger partial charge on any atom is 0.222 e. The predicted octanol–water partition coefficient (Wildman–Crippen LogP) is 2.99. The van der Waals surface area contributed by atoms with Crippen LogP contribution in [-0.4, -0.2) is 20.0 Å². The maximum absolute atomic E-state index is 11.1. The van der Waals surface area contributed by atoms with Crippen LogP contribution in [0.2, 0.25) is 0 Å². The van der Waals surface area contributed by atoms with Crippen molar-refractivity contribution in [1.29, 1.82) is 0 Å². The number of benzene rings is 1. The fraction of sp³-hybridized carbons (Fsp3) is 0.400. The topological polar surface area (TPSA) is 61.0 Å². The number of aromatic nitrogens is 2. The van der Waals surface area contributed by atoms with Gasteiger partial charge in [-0.15, -0.1) is 0 Å². The van der Waals surface area contributed by atoms with Gasteiger partial charge in [-0.05, 0) is 6.92 Å². The second-order valence-electron chi connectivity index (χ2n) is 5.64. The van der Waals surface area contributed by atoms with Gasteiger partial charge in [-0.2, -0.15) is 0 Å². The van der Waals surface area contributed by atoms with Gasteiger partial charge in [0.2, 0.25) is 5.54 Å². The molecule has 1 heterocycles. The monoisotopic (exact) mass is 273 g/mol. The molecular formula is C15H19N3O2. The van der Waals surface area contributed by atoms with Gasteiger partial charge in [-0.1, -0.05) is 30.3 Å². The summed E-state index contributed by atoms with van der Waals surface area (Å²) in [7, 11) is 1.94. The molecule has 0 saturated heterocycles. The molecule has 0 fully saturated rings. The summed E-state index contributed by atoms with van der Waals surface area (Å²) in [5.41, 5.74) is 1.77. The molecule has 0 atom stereocenters. The van der Waals surface area contributed by atoms with Crippen LogP contribution in [0.5, 0.6) is 0 Å². The molecule has 0 unspecified atom stereocenters. The quantitative estimate of drug-likeness (QED) is 0.635. The number of imidazole rings is 1. The molecule has 1 aromatic carbocycles. The first-order valence-corrected chi connectivity index (χ1v) is 6.55. The van der Waals surface area contributed by atoms with Crippen molar-refractivity contribution in [3.63, 3.8) is 0 Å². The standard InChI is InChI=1S/C15H19N3O2/c1-11-13(10-15(2,3)18(19)20)16-14(17(11)4)12-8-6-5-7-9-12/h5-9H,10H2,1-4H3. The van der Waals surface area contributed by atoms with Crippen molar-refractivity contribution in [2.75, 3.05) is 0 Å². The molecule has 0 spiro atoms. The Morgan fingerprint density at radius 3 is 2.45 bits per heavy atom. The summed E-state index contributed by atoms with van der Waals surface area (Å²) in [5.74, 6) is 0.845. The molecule has 106 valence electrons. The molecule has 0 aliphatic heterocycles. The van der Waals surface area contributed by atoms with Crippen LogP contribution >= 0.6 is 0 Å². The Labute approximate surface area is 118 Å². The Hall–Kier alpha value is -2.17. The number of hydrogen-bond donors (Lipinski definition) is 0. The van der Waals surface area contributed by atoms with E-state index in [0.717, 1.165) is 22.8 Å². The second kappa shape index (κ2) is 5.07. The van der Waals surface area contributed by atoms with Gasteiger partial charge in [-0.3, -0.25) is 10.1 Å². The van der Waals surface area contributed by atoms with E-state index in [4.69, 9.17) is 0 Å². The molecule has 0 aliphatic rings. The predicted molar refractivity (Wildman–Crippen MR) is 78.2 cm³/mol. The molecule has 2 aromatic rings. The van der Waals surface area contributed by atoms with Crippen LogP contribution in [0.1, 0.15) is 25.2 Å². The minimum atomic E-state index is -1.01. The fourth-order valence-corrected chi connectivity index (χ4v) is 2.12. The normalized spacial score (nSPS) is 11.6. The van der Waals surface area contributed by atoms with Gasteiger partial charge >= 0.3 is 0 Å². The van der Waals surface area contributed by atoms with Crippen LogP contribution in [0.4, 0.5) is 0 Å². The minimum Gasteiger partial charge on any atom is -0.331 e. The Kier molecular flexibility index (Phi) is 3.61. The first-order chi connectivity index (χ1) is 9.33. The van der Waals surface area contributed by atoms with Crippen molar-refractivity contribution in [2.45, 2.75) is 32.7 Å². The van der Waals surface area contributed by atoms with Gasteiger partial charge in [0, 0.05) is 37.1 Å². The third-order valence-electron chi connectivity index (χ3n) is 3.61. The van der Waals surface area contributed by atoms with Gasteiger partial charge in [0.05, 0.1) is 12.1 Å². The zero-order chi connectivity index (χ0) is 14.9. The number of nitrogens with zero attached hydrogens (tertiary/aromatic N) is 3. The molecule has 20 heavy (non-hydrogen) atoms. The number of hydrogen-bond acceptors (Lipinski definition) is 3. The first kappa shape index (κ1) is 14.2. The molecule has 0 amide bonds. The molecular weight excluding hydrogens is 254 g/mol. The first-order valence-electron chi connectivity index (χ1n) is 6.55. The van der Waals surface area contributed by atoms with E-state index in [0.29, 0.717) is 6.42 Å². The molecule has 0 radical (unpaired) electrons. The zero-order valence-electron chi connectivity index (χ0n) is 12.3. The molecule has 2 rings (SSSR count). The Bertz CT molecular complexity index is 630. The van der Waals surface area contributed by atoms with Crippen molar-refractivity contribution in [3.8, 4) is 11.4 Å². The summed E-state index contributed by atoms with van der Waals surface area (Å²) in [5, 5.41) is 11.1. The summed E-state index contributed by atoms with van der Waals surface area (Å²) in [4.78, 5) is 15.4. The Morgan fingerprint density at radius 2 is 1.90 bits per heavy atom. The van der Waals surface area contributed by atoms with E-state index in [1.54, 1.807) is 13.8 Å². The lowest BCUT2D eigenvalue weighted by Crippen LogP contribution is -2.33. The third-order valence-corrected chi connectivity index (χ3v) is 3.61. The van der Waals surface area contributed by atoms with E-state index >= 15 is 0 Å². The molecule has 0 bridgehead atoms. The van der Waals surface area contributed by atoms with Crippen molar-refractivity contribution < 1.29 is 4.92 Å². The van der Waals surface area contributed by atoms with Gasteiger partial charge in [0.25, 0.3) is 0 Å². The van der Waals surface area contributed by atoms with Crippen molar-refractivity contribution in [1.82, 2.24) is 9.55 Å². The summed E-state index contributed by atoms with van der Waals surface area (Å²) >= 11 is 0. The summed E-state index contributed by atoms with van der Waals surface area (Å²) < 4.78 is 1.99. The van der Waals surface area contributed by atoms with Crippen LogP contribution in [0.3, 0.4) is 0 Å². The fourth-order valence-electron chi connectivity index (χ4n) is 2.12. The van der Waals surface area contributed by atoms with Crippen molar-refractivity contribution in [3.05, 3.63) is 51.8 Å². The lowest BCUT2D eigenvalue weighted by molar-refractivity contribution is -0.560. The lowest BCUT2D eigenvalue weighted by Gasteiger charge is -2.14. The van der Waals surface area contributed by atoms with Gasteiger partial charge in [0.1, 0.15) is 5.82 Å². The Balaban J connectivity index is 2.41. The van der Waals surface area contributed by atoms with E-state index in [1.807, 2.05) is 48.9 Å². The third kappa shape index (κ3) is 2.57. The van der Waals surface area contributed by atoms with Crippen molar-refractivity contribution in [2.24, 2.45) is 7.05 Å². The van der Waals surface area contributed by atoms with Gasteiger partial charge in [0.15, 0.2) is 0 Å². The average molecular weight is 273 g/mol. The highest BCUT2D eigenvalue weighted by Crippen LogP contribution is 2.24. The largest absolute Gasteiger partial charge is 0.331 e. The highest BCUT2D eigenvalue weighted by Gasteiger charge is 2.33. The second-order valence-corrected chi connectivity index (χ2v) is 5.64. The number of nitro groups is 1. The van der Waals surface area contributed by atoms with Gasteiger partial charge in [-0.25, -0.2) is 4.98 Å². The maximum atomic E-state index is 11.1. The van der Waals surface area contributed by atoms with E-state index in [-0.39, 0.29) is 4.92 Å². The van der Waals surface area contributed by atoms with E-state index in [2.05, 4.69) is 4.98 Å². The molecule has 5 nitrogen and oxygen atoms in total. The van der Waals surface area contributed by atoms with Crippen molar-refractivity contribution >= 4 is 0 Å². The zero-order valence-corrected chi connectivity index (χ0v) is 12.3. The lowest BCUT2D eigenvalue weighted by atomic mass is 9.99. The molecule has 1 aromatic heterocycles. The SMILES string of the molecule is Cc1c(CC(C)(C)[N+](=O)[O-])nc(-c2ccccc2)n1C. The van der Waals surface area contributed by atoms with Crippen LogP contribution in [0.15, 0.2) is 30.3 Å².